The van der Waals surface area contributed by atoms with Crippen LogP contribution in [0.3, 0.4) is 0 Å². The van der Waals surface area contributed by atoms with Gasteiger partial charge >= 0.3 is 0 Å². The molecule has 12 aromatic rings. The first-order chi connectivity index (χ1) is 46.7. The van der Waals surface area contributed by atoms with Crippen LogP contribution in [0.4, 0.5) is 0 Å². The quantitative estimate of drug-likeness (QED) is 0.127. The van der Waals surface area contributed by atoms with Gasteiger partial charge in [0.05, 0.1) is 65.0 Å². The lowest BCUT2D eigenvalue weighted by Gasteiger charge is -1.76. The summed E-state index contributed by atoms with van der Waals surface area (Å²) in [5, 5.41) is 17.5. The molecule has 0 fully saturated rings. The highest BCUT2D eigenvalue weighted by Crippen LogP contribution is 2.00. The van der Waals surface area contributed by atoms with Crippen molar-refractivity contribution < 1.29 is 18.0 Å². The molecule has 0 aliphatic rings. The van der Waals surface area contributed by atoms with E-state index in [2.05, 4.69) is 88.2 Å². The summed E-state index contributed by atoms with van der Waals surface area (Å²) in [5.41, 5.74) is 10.1. The summed E-state index contributed by atoms with van der Waals surface area (Å²) in [6.07, 6.45) is 29.0. The molecule has 12 rings (SSSR count). The van der Waals surface area contributed by atoms with Crippen LogP contribution in [0.5, 0.6) is 0 Å². The number of hydrogen-bond acceptors (Lipinski definition) is 20. The van der Waals surface area contributed by atoms with Crippen LogP contribution in [0.1, 0.15) is 227 Å². The summed E-state index contributed by atoms with van der Waals surface area (Å²) in [6.45, 7) is 69.4. The molecule has 552 valence electrons. The standard InChI is InChI=1S/4C4H6N2.4C4H5NO.4C4H5NS.12C2H6/c2*1-4-2-5-3-6-4;1-6-3-2-5-4-6;1-4-5-2-3-6-4;1-4-2-5-3-6-4;1-4-2-5-6-3-4;1-4-2-3-6-5-4;1-4-2-3-5-6-4;1-4-2-6-3-5-4;1-4-2-5-3-6-4;1-4-5-2-3-6-4;1-4-2-3-6-5-4;12*1-2/h2*2-3H,1H3,(H,5,6);2-4H,1H3;2-3H,1H3,(H,5,6);8*2-3H,1H3;12*1-2H3. The first-order valence-electron chi connectivity index (χ1n) is 33.4. The first-order valence-corrected chi connectivity index (χ1v) is 36.9. The summed E-state index contributed by atoms with van der Waals surface area (Å²) in [5.74, 6) is 2.68. The van der Waals surface area contributed by atoms with Gasteiger partial charge in [-0.15, -0.1) is 34.0 Å². The molecule has 0 radical (unpaired) electrons. The van der Waals surface area contributed by atoms with Crippen molar-refractivity contribution in [3.8, 4) is 0 Å². The number of H-pyrrole nitrogens is 3. The highest BCUT2D eigenvalue weighted by molar-refractivity contribution is 7.09. The third-order valence-corrected chi connectivity index (χ3v) is 9.79. The fraction of sp³-hybridized carbons (Fsp3) is 0.500. The van der Waals surface area contributed by atoms with Crippen molar-refractivity contribution in [1.82, 2.24) is 79.2 Å². The van der Waals surface area contributed by atoms with Crippen LogP contribution in [0.15, 0.2) is 169 Å². The molecular formula is C72H136N16O4S4. The number of nitrogens with one attached hydrogen (secondary N) is 3. The largest absolute Gasteiger partial charge is 0.449 e. The Bertz CT molecular complexity index is 2040. The van der Waals surface area contributed by atoms with E-state index in [-0.39, 0.29) is 0 Å². The molecule has 0 bridgehead atoms. The minimum atomic E-state index is 0.856. The molecule has 0 aliphatic carbocycles. The maximum atomic E-state index is 4.72. The molecular weight excluding hydrogens is 1280 g/mol. The van der Waals surface area contributed by atoms with Crippen molar-refractivity contribution in [2.24, 2.45) is 7.05 Å². The first kappa shape index (κ1) is 116. The molecule has 0 aromatic carbocycles. The van der Waals surface area contributed by atoms with Crippen LogP contribution >= 0.6 is 45.5 Å². The number of aryl methyl sites for hydroxylation is 12. The predicted molar refractivity (Wildman–Crippen MR) is 422 cm³/mol. The molecule has 0 saturated heterocycles. The van der Waals surface area contributed by atoms with Crippen molar-refractivity contribution in [3.63, 3.8) is 0 Å². The zero-order valence-electron chi connectivity index (χ0n) is 66.5. The van der Waals surface area contributed by atoms with E-state index in [1.54, 1.807) is 133 Å². The second-order valence-corrected chi connectivity index (χ2v) is 17.5. The van der Waals surface area contributed by atoms with Crippen molar-refractivity contribution in [1.29, 1.82) is 0 Å². The summed E-state index contributed by atoms with van der Waals surface area (Å²) in [7, 11) is 1.94. The zero-order valence-corrected chi connectivity index (χ0v) is 69.8. The molecule has 24 heteroatoms. The SMILES string of the molecule is CC.CC.CC.CC.CC.CC.CC.CC.CC.CC.CC.CC.Cc1ccno1.Cc1ccon1.Cc1ccsn1.Cc1cnc[nH]1.Cc1cnc[nH]1.Cc1cnco1.Cc1cncs1.Cc1cnoc1.Cc1cscn1.Cc1ncc[nH]1.Cc1nccs1.Cn1ccnc1. The number of aromatic nitrogens is 16. The molecule has 12 heterocycles. The van der Waals surface area contributed by atoms with Gasteiger partial charge in [-0.05, 0) is 93.8 Å². The Morgan fingerprint density at radius 2 is 1.03 bits per heavy atom. The molecule has 0 saturated carbocycles. The third kappa shape index (κ3) is 108. The van der Waals surface area contributed by atoms with Gasteiger partial charge in [0, 0.05) is 112 Å². The Labute approximate surface area is 601 Å². The normalized spacial score (nSPS) is 7.38. The molecule has 0 spiro atoms. The van der Waals surface area contributed by atoms with Gasteiger partial charge in [-0.3, -0.25) is 15.0 Å². The summed E-state index contributed by atoms with van der Waals surface area (Å²) in [4.78, 5) is 40.5. The lowest BCUT2D eigenvalue weighted by Crippen LogP contribution is -1.76. The molecule has 20 nitrogen and oxygen atoms in total. The molecule has 3 N–H and O–H groups in total. The Balaban J connectivity index is -0.0000000779. The highest BCUT2D eigenvalue weighted by Gasteiger charge is 1.82. The average Bonchev–Trinajstić information content (AvgIpc) is 4.46. The van der Waals surface area contributed by atoms with Crippen LogP contribution < -0.4 is 0 Å². The lowest BCUT2D eigenvalue weighted by atomic mass is 10.4. The highest BCUT2D eigenvalue weighted by atomic mass is 32.1. The van der Waals surface area contributed by atoms with Gasteiger partial charge in [0.1, 0.15) is 29.9 Å². The van der Waals surface area contributed by atoms with E-state index in [4.69, 9.17) is 4.42 Å². The van der Waals surface area contributed by atoms with Gasteiger partial charge in [0.15, 0.2) is 6.39 Å². The summed E-state index contributed by atoms with van der Waals surface area (Å²) in [6, 6.07) is 5.60. The van der Waals surface area contributed by atoms with E-state index in [1.165, 1.54) is 22.8 Å². The number of oxazole rings is 1. The van der Waals surface area contributed by atoms with E-state index in [0.29, 0.717) is 0 Å². The number of hydrogen-bond donors (Lipinski definition) is 3. The van der Waals surface area contributed by atoms with Gasteiger partial charge in [-0.25, -0.2) is 24.9 Å². The monoisotopic (exact) mass is 1420 g/mol. The summed E-state index contributed by atoms with van der Waals surface area (Å²) >= 11 is 6.45. The van der Waals surface area contributed by atoms with E-state index < -0.39 is 0 Å². The fourth-order valence-electron chi connectivity index (χ4n) is 3.53. The van der Waals surface area contributed by atoms with Gasteiger partial charge in [-0.1, -0.05) is 182 Å². The zero-order chi connectivity index (χ0) is 76.9. The second-order valence-electron chi connectivity index (χ2n) is 13.9. The topological polar surface area (TPSA) is 260 Å². The van der Waals surface area contributed by atoms with Gasteiger partial charge in [0.2, 0.25) is 0 Å². The van der Waals surface area contributed by atoms with Crippen molar-refractivity contribution >= 4 is 45.5 Å². The van der Waals surface area contributed by atoms with Crippen LogP contribution in [-0.4, -0.2) is 79.2 Å². The maximum absolute atomic E-state index is 4.72. The minimum Gasteiger partial charge on any atom is -0.449 e. The molecule has 0 atom stereocenters. The van der Waals surface area contributed by atoms with Crippen molar-refractivity contribution in [3.05, 3.63) is 213 Å². The van der Waals surface area contributed by atoms with Crippen molar-refractivity contribution in [2.45, 2.75) is 242 Å². The predicted octanol–water partition coefficient (Wildman–Crippen LogP) is 24.6. The third-order valence-electron chi connectivity index (χ3n) is 7.02. The van der Waals surface area contributed by atoms with Crippen LogP contribution in [0.25, 0.3) is 0 Å². The number of imidazole rings is 4. The van der Waals surface area contributed by atoms with Gasteiger partial charge in [-0.2, -0.15) is 4.37 Å². The molecule has 12 aromatic heterocycles. The van der Waals surface area contributed by atoms with Gasteiger partial charge < -0.3 is 37.5 Å². The smallest absolute Gasteiger partial charge is 0.180 e. The molecule has 96 heavy (non-hydrogen) atoms. The van der Waals surface area contributed by atoms with E-state index in [9.17, 15) is 0 Å². The molecule has 0 amide bonds. The van der Waals surface area contributed by atoms with E-state index in [1.807, 2.05) is 300 Å². The van der Waals surface area contributed by atoms with Crippen LogP contribution in [0, 0.1) is 76.2 Å². The molecule has 0 aliphatic heterocycles. The molecule has 0 unspecified atom stereocenters. The lowest BCUT2D eigenvalue weighted by molar-refractivity contribution is 0.397. The average molecular weight is 1420 g/mol. The number of nitrogens with zero attached hydrogens (tertiary/aromatic N) is 13. The van der Waals surface area contributed by atoms with E-state index >= 15 is 0 Å². The number of rotatable bonds is 0. The minimum absolute atomic E-state index is 0.856. The van der Waals surface area contributed by atoms with Gasteiger partial charge in [0.25, 0.3) is 0 Å². The Hall–Kier alpha value is -7.80. The van der Waals surface area contributed by atoms with Crippen LogP contribution in [0.2, 0.25) is 0 Å². The Morgan fingerprint density at radius 3 is 1.15 bits per heavy atom. The van der Waals surface area contributed by atoms with Crippen LogP contribution in [-0.2, 0) is 7.05 Å². The van der Waals surface area contributed by atoms with Crippen molar-refractivity contribution in [2.75, 3.05) is 0 Å². The van der Waals surface area contributed by atoms with E-state index in [0.717, 1.165) is 56.4 Å². The summed E-state index contributed by atoms with van der Waals surface area (Å²) < 4.78 is 24.1. The number of thiazole rings is 3. The fourth-order valence-corrected chi connectivity index (χ4v) is 5.47. The maximum Gasteiger partial charge on any atom is 0.180 e. The Morgan fingerprint density at radius 1 is 0.458 bits per heavy atom. The Kier molecular flexibility index (Phi) is 134. The number of aromatic amines is 3. The second kappa shape index (κ2) is 112.